The molecule has 0 aliphatic heterocycles. The average molecular weight is 535 g/mol. The maximum absolute atomic E-state index is 5.13. The van der Waals surface area contributed by atoms with Crippen molar-refractivity contribution in [3.8, 4) is 44.9 Å². The van der Waals surface area contributed by atoms with E-state index in [1.807, 2.05) is 6.07 Å². The number of nitrogens with zero attached hydrogens (tertiary/aromatic N) is 2. The molecule has 0 radical (unpaired) electrons. The summed E-state index contributed by atoms with van der Waals surface area (Å²) >= 11 is 0. The topological polar surface area (TPSA) is 25.8 Å². The normalized spacial score (nSPS) is 11.3. The minimum absolute atomic E-state index is 0.729. The molecular weight excluding hydrogens is 508 g/mol. The Morgan fingerprint density at radius 2 is 0.929 bits per heavy atom. The maximum Gasteiger partial charge on any atom is 0.160 e. The van der Waals surface area contributed by atoms with Gasteiger partial charge in [0.2, 0.25) is 0 Å². The molecule has 0 atom stereocenters. The van der Waals surface area contributed by atoms with Crippen LogP contribution in [0.3, 0.4) is 0 Å². The predicted octanol–water partition coefficient (Wildman–Crippen LogP) is 10.6. The second-order valence-corrected chi connectivity index (χ2v) is 10.7. The second-order valence-electron chi connectivity index (χ2n) is 10.7. The number of fused-ring (bicyclic) bond motifs is 3. The van der Waals surface area contributed by atoms with Crippen LogP contribution in [0.1, 0.15) is 0 Å². The number of hydrogen-bond donors (Lipinski definition) is 0. The molecule has 0 N–H and O–H groups in total. The molecule has 0 fully saturated rings. The van der Waals surface area contributed by atoms with Crippen LogP contribution in [0, 0.1) is 0 Å². The Bertz CT molecular complexity index is 2220. The fraction of sp³-hybridized carbons (Fsp3) is 0. The fourth-order valence-electron chi connectivity index (χ4n) is 5.89. The van der Waals surface area contributed by atoms with E-state index in [4.69, 9.17) is 9.97 Å². The molecule has 0 amide bonds. The van der Waals surface area contributed by atoms with Crippen molar-refractivity contribution >= 4 is 32.4 Å². The first kappa shape index (κ1) is 24.2. The molecule has 8 rings (SSSR count). The zero-order chi connectivity index (χ0) is 27.9. The van der Waals surface area contributed by atoms with Gasteiger partial charge in [0, 0.05) is 16.5 Å². The molecular formula is C40H26N2. The van der Waals surface area contributed by atoms with Gasteiger partial charge in [-0.1, -0.05) is 146 Å². The zero-order valence-electron chi connectivity index (χ0n) is 22.9. The molecule has 196 valence electrons. The van der Waals surface area contributed by atoms with Crippen LogP contribution >= 0.6 is 0 Å². The van der Waals surface area contributed by atoms with Gasteiger partial charge in [0.25, 0.3) is 0 Å². The lowest BCUT2D eigenvalue weighted by atomic mass is 9.96. The first-order valence-electron chi connectivity index (χ1n) is 14.3. The number of hydrogen-bond acceptors (Lipinski definition) is 2. The smallest absolute Gasteiger partial charge is 0.160 e. The summed E-state index contributed by atoms with van der Waals surface area (Å²) in [5.41, 5.74) is 8.76. The zero-order valence-corrected chi connectivity index (χ0v) is 22.9. The molecule has 7 aromatic carbocycles. The van der Waals surface area contributed by atoms with Crippen molar-refractivity contribution in [3.63, 3.8) is 0 Å². The Kier molecular flexibility index (Phi) is 5.82. The third-order valence-corrected chi connectivity index (χ3v) is 8.09. The van der Waals surface area contributed by atoms with E-state index in [1.54, 1.807) is 0 Å². The highest BCUT2D eigenvalue weighted by Gasteiger charge is 2.13. The standard InChI is InChI=1S/C40H26N2/c1-2-10-33-26-34(25-18-27(33)8-1)28-16-23-32(24-17-28)40-41-38-15-6-5-13-37(38)39(42-40)31-21-19-30(20-22-31)36-14-7-11-29-9-3-4-12-35(29)36/h1-26H. The van der Waals surface area contributed by atoms with Crippen molar-refractivity contribution in [3.05, 3.63) is 158 Å². The van der Waals surface area contributed by atoms with E-state index in [0.29, 0.717) is 0 Å². The average Bonchev–Trinajstić information content (AvgIpc) is 3.07. The summed E-state index contributed by atoms with van der Waals surface area (Å²) < 4.78 is 0. The quantitative estimate of drug-likeness (QED) is 0.224. The summed E-state index contributed by atoms with van der Waals surface area (Å²) in [6, 6.07) is 55.7. The Morgan fingerprint density at radius 1 is 0.333 bits per heavy atom. The monoisotopic (exact) mass is 534 g/mol. The van der Waals surface area contributed by atoms with Crippen molar-refractivity contribution in [2.45, 2.75) is 0 Å². The summed E-state index contributed by atoms with van der Waals surface area (Å²) in [6.45, 7) is 0. The molecule has 0 aliphatic rings. The molecule has 1 heterocycles. The van der Waals surface area contributed by atoms with Crippen LogP contribution < -0.4 is 0 Å². The van der Waals surface area contributed by atoms with Gasteiger partial charge in [0.15, 0.2) is 5.82 Å². The number of para-hydroxylation sites is 1. The van der Waals surface area contributed by atoms with E-state index in [9.17, 15) is 0 Å². The third kappa shape index (κ3) is 4.31. The fourth-order valence-corrected chi connectivity index (χ4v) is 5.89. The van der Waals surface area contributed by atoms with Gasteiger partial charge >= 0.3 is 0 Å². The van der Waals surface area contributed by atoms with Gasteiger partial charge in [-0.25, -0.2) is 9.97 Å². The highest BCUT2D eigenvalue weighted by atomic mass is 14.9. The number of aromatic nitrogens is 2. The summed E-state index contributed by atoms with van der Waals surface area (Å²) in [6.07, 6.45) is 0. The molecule has 0 saturated carbocycles. The van der Waals surface area contributed by atoms with Gasteiger partial charge in [-0.15, -0.1) is 0 Å². The van der Waals surface area contributed by atoms with Crippen molar-refractivity contribution in [2.75, 3.05) is 0 Å². The molecule has 0 bridgehead atoms. The molecule has 2 heteroatoms. The van der Waals surface area contributed by atoms with Crippen LogP contribution in [0.15, 0.2) is 158 Å². The van der Waals surface area contributed by atoms with Crippen LogP contribution in [0.4, 0.5) is 0 Å². The van der Waals surface area contributed by atoms with Crippen molar-refractivity contribution in [2.24, 2.45) is 0 Å². The highest BCUT2D eigenvalue weighted by molar-refractivity contribution is 5.98. The Labute approximate surface area is 244 Å². The maximum atomic E-state index is 5.13. The van der Waals surface area contributed by atoms with E-state index in [2.05, 4.69) is 152 Å². The summed E-state index contributed by atoms with van der Waals surface area (Å²) in [4.78, 5) is 10.1. The molecule has 0 aliphatic carbocycles. The largest absolute Gasteiger partial charge is 0.228 e. The van der Waals surface area contributed by atoms with Gasteiger partial charge in [-0.05, 0) is 55.9 Å². The lowest BCUT2D eigenvalue weighted by molar-refractivity contribution is 1.23. The van der Waals surface area contributed by atoms with Crippen molar-refractivity contribution < 1.29 is 0 Å². The van der Waals surface area contributed by atoms with E-state index >= 15 is 0 Å². The van der Waals surface area contributed by atoms with E-state index in [0.717, 1.165) is 33.5 Å². The second kappa shape index (κ2) is 10.1. The lowest BCUT2D eigenvalue weighted by Gasteiger charge is -2.11. The summed E-state index contributed by atoms with van der Waals surface area (Å²) in [5, 5.41) is 6.05. The number of benzene rings is 7. The first-order chi connectivity index (χ1) is 20.8. The molecule has 0 saturated heterocycles. The van der Waals surface area contributed by atoms with Gasteiger partial charge in [-0.2, -0.15) is 0 Å². The Balaban J connectivity index is 1.18. The van der Waals surface area contributed by atoms with E-state index in [1.165, 1.54) is 43.8 Å². The Morgan fingerprint density at radius 3 is 1.76 bits per heavy atom. The molecule has 2 nitrogen and oxygen atoms in total. The highest BCUT2D eigenvalue weighted by Crippen LogP contribution is 2.34. The summed E-state index contributed by atoms with van der Waals surface area (Å²) in [7, 11) is 0. The lowest BCUT2D eigenvalue weighted by Crippen LogP contribution is -1.95. The first-order valence-corrected chi connectivity index (χ1v) is 14.3. The SMILES string of the molecule is c1ccc2cc(-c3ccc(-c4nc(-c5ccc(-c6cccc7ccccc67)cc5)c5ccccc5n4)cc3)ccc2c1. The van der Waals surface area contributed by atoms with Crippen LogP contribution in [-0.2, 0) is 0 Å². The number of rotatable bonds is 4. The van der Waals surface area contributed by atoms with Crippen molar-refractivity contribution in [1.29, 1.82) is 0 Å². The molecule has 42 heavy (non-hydrogen) atoms. The molecule has 1 aromatic heterocycles. The van der Waals surface area contributed by atoms with Crippen LogP contribution in [0.5, 0.6) is 0 Å². The van der Waals surface area contributed by atoms with Crippen molar-refractivity contribution in [1.82, 2.24) is 9.97 Å². The van der Waals surface area contributed by atoms with Crippen LogP contribution in [-0.4, -0.2) is 9.97 Å². The molecule has 8 aromatic rings. The molecule has 0 unspecified atom stereocenters. The van der Waals surface area contributed by atoms with Gasteiger partial charge < -0.3 is 0 Å². The minimum Gasteiger partial charge on any atom is -0.228 e. The summed E-state index contributed by atoms with van der Waals surface area (Å²) in [5.74, 6) is 0.729. The third-order valence-electron chi connectivity index (χ3n) is 8.09. The van der Waals surface area contributed by atoms with E-state index in [-0.39, 0.29) is 0 Å². The van der Waals surface area contributed by atoms with Gasteiger partial charge in [0.05, 0.1) is 11.2 Å². The predicted molar refractivity (Wildman–Crippen MR) is 176 cm³/mol. The Hall–Kier alpha value is -5.60. The van der Waals surface area contributed by atoms with Crippen LogP contribution in [0.2, 0.25) is 0 Å². The minimum atomic E-state index is 0.729. The van der Waals surface area contributed by atoms with Gasteiger partial charge in [0.1, 0.15) is 0 Å². The van der Waals surface area contributed by atoms with E-state index < -0.39 is 0 Å². The van der Waals surface area contributed by atoms with Gasteiger partial charge in [-0.3, -0.25) is 0 Å². The molecule has 0 spiro atoms. The van der Waals surface area contributed by atoms with Crippen LogP contribution in [0.25, 0.3) is 77.3 Å².